The topological polar surface area (TPSA) is 64.2 Å². The van der Waals surface area contributed by atoms with Crippen molar-refractivity contribution in [3.63, 3.8) is 0 Å². The largest absolute Gasteiger partial charge is 0.618 e. The summed E-state index contributed by atoms with van der Waals surface area (Å²) in [5, 5.41) is 20.9. The first-order valence-corrected chi connectivity index (χ1v) is 5.02. The third-order valence-electron chi connectivity index (χ3n) is 2.17. The standard InChI is InChI=1S/C10H5Cl2NO3/c11-7-5-3-1-2-4-6(5)13(16)9(8(7)12)10(14)15/h1-4H,(H,14,15). The minimum Gasteiger partial charge on any atom is -0.618 e. The number of para-hydroxylation sites is 1. The van der Waals surface area contributed by atoms with E-state index >= 15 is 0 Å². The van der Waals surface area contributed by atoms with Crippen LogP contribution in [0.2, 0.25) is 10.0 Å². The number of aromatic carboxylic acids is 1. The van der Waals surface area contributed by atoms with Crippen LogP contribution in [0.15, 0.2) is 24.3 Å². The zero-order valence-electron chi connectivity index (χ0n) is 7.78. The number of benzene rings is 1. The van der Waals surface area contributed by atoms with Gasteiger partial charge in [0, 0.05) is 6.07 Å². The van der Waals surface area contributed by atoms with E-state index in [1.807, 2.05) is 0 Å². The van der Waals surface area contributed by atoms with E-state index in [1.165, 1.54) is 6.07 Å². The fourth-order valence-corrected chi connectivity index (χ4v) is 1.96. The van der Waals surface area contributed by atoms with Gasteiger partial charge in [-0.3, -0.25) is 0 Å². The molecule has 4 nitrogen and oxygen atoms in total. The molecule has 0 atom stereocenters. The molecule has 1 heterocycles. The molecule has 1 N–H and O–H groups in total. The number of hydrogen-bond donors (Lipinski definition) is 1. The highest BCUT2D eigenvalue weighted by atomic mass is 35.5. The van der Waals surface area contributed by atoms with Gasteiger partial charge in [-0.05, 0) is 6.07 Å². The molecule has 0 aliphatic carbocycles. The molecule has 0 saturated heterocycles. The van der Waals surface area contributed by atoms with E-state index in [0.29, 0.717) is 5.39 Å². The maximum absolute atomic E-state index is 11.7. The fraction of sp³-hybridized carbons (Fsp3) is 0. The SMILES string of the molecule is O=C(O)c1c(Cl)c(Cl)c2ccccc2[n+]1[O-]. The van der Waals surface area contributed by atoms with Gasteiger partial charge in [-0.25, -0.2) is 4.79 Å². The molecule has 82 valence electrons. The maximum atomic E-state index is 11.7. The Hall–Kier alpha value is -1.52. The van der Waals surface area contributed by atoms with Gasteiger partial charge in [0.05, 0.1) is 10.4 Å². The van der Waals surface area contributed by atoms with E-state index in [0.717, 1.165) is 0 Å². The third kappa shape index (κ3) is 1.47. The molecular formula is C10H5Cl2NO3. The van der Waals surface area contributed by atoms with Crippen LogP contribution in [0, 0.1) is 5.21 Å². The first kappa shape index (κ1) is 11.0. The smallest absolute Gasteiger partial charge is 0.404 e. The Kier molecular flexibility index (Phi) is 2.61. The zero-order chi connectivity index (χ0) is 11.9. The van der Waals surface area contributed by atoms with Gasteiger partial charge >= 0.3 is 11.7 Å². The second-order valence-electron chi connectivity index (χ2n) is 3.09. The Morgan fingerprint density at radius 1 is 1.25 bits per heavy atom. The van der Waals surface area contributed by atoms with Crippen molar-refractivity contribution >= 4 is 40.1 Å². The van der Waals surface area contributed by atoms with E-state index in [2.05, 4.69) is 0 Å². The van der Waals surface area contributed by atoms with Crippen LogP contribution in [0.1, 0.15) is 10.5 Å². The predicted octanol–water partition coefficient (Wildman–Crippen LogP) is 2.48. The lowest BCUT2D eigenvalue weighted by Gasteiger charge is -2.08. The van der Waals surface area contributed by atoms with E-state index in [9.17, 15) is 10.0 Å². The molecule has 0 bridgehead atoms. The molecule has 0 aliphatic heterocycles. The van der Waals surface area contributed by atoms with Gasteiger partial charge in [0.2, 0.25) is 5.52 Å². The maximum Gasteiger partial charge on any atom is 0.404 e. The van der Waals surface area contributed by atoms with Gasteiger partial charge in [0.25, 0.3) is 0 Å². The quantitative estimate of drug-likeness (QED) is 0.631. The van der Waals surface area contributed by atoms with Crippen molar-refractivity contribution in [1.82, 2.24) is 0 Å². The van der Waals surface area contributed by atoms with Crippen LogP contribution < -0.4 is 4.73 Å². The van der Waals surface area contributed by atoms with Crippen molar-refractivity contribution in [2.45, 2.75) is 0 Å². The first-order chi connectivity index (χ1) is 7.54. The highest BCUT2D eigenvalue weighted by molar-refractivity contribution is 6.46. The van der Waals surface area contributed by atoms with Gasteiger partial charge in [0.15, 0.2) is 0 Å². The van der Waals surface area contributed by atoms with Crippen LogP contribution in [-0.4, -0.2) is 11.1 Å². The molecule has 0 amide bonds. The first-order valence-electron chi connectivity index (χ1n) is 4.26. The number of carboxylic acids is 1. The van der Waals surface area contributed by atoms with Gasteiger partial charge in [-0.1, -0.05) is 35.3 Å². The second-order valence-corrected chi connectivity index (χ2v) is 3.85. The predicted molar refractivity (Wildman–Crippen MR) is 59.9 cm³/mol. The summed E-state index contributed by atoms with van der Waals surface area (Å²) in [5.41, 5.74) is -0.389. The van der Waals surface area contributed by atoms with E-state index in [4.69, 9.17) is 28.3 Å². The molecule has 0 radical (unpaired) electrons. The summed E-state index contributed by atoms with van der Waals surface area (Å²) >= 11 is 11.6. The Balaban J connectivity index is 3.00. The van der Waals surface area contributed by atoms with Crippen LogP contribution in [0.25, 0.3) is 10.9 Å². The van der Waals surface area contributed by atoms with Gasteiger partial charge < -0.3 is 10.3 Å². The average Bonchev–Trinajstić information content (AvgIpc) is 2.26. The molecule has 0 saturated carbocycles. The number of nitrogens with zero attached hydrogens (tertiary/aromatic N) is 1. The molecule has 0 fully saturated rings. The van der Waals surface area contributed by atoms with Crippen molar-refractivity contribution in [1.29, 1.82) is 0 Å². The normalized spacial score (nSPS) is 10.6. The minimum atomic E-state index is -1.41. The Bertz CT molecular complexity index is 598. The Labute approximate surface area is 100 Å². The van der Waals surface area contributed by atoms with Crippen LogP contribution in [0.3, 0.4) is 0 Å². The molecule has 2 rings (SSSR count). The summed E-state index contributed by atoms with van der Waals surface area (Å²) in [6, 6.07) is 6.39. The van der Waals surface area contributed by atoms with Crippen LogP contribution in [0.4, 0.5) is 0 Å². The number of rotatable bonds is 1. The summed E-state index contributed by atoms with van der Waals surface area (Å²) in [4.78, 5) is 10.9. The van der Waals surface area contributed by atoms with Crippen LogP contribution in [-0.2, 0) is 0 Å². The number of fused-ring (bicyclic) bond motifs is 1. The Morgan fingerprint density at radius 2 is 1.88 bits per heavy atom. The molecule has 1 aromatic heterocycles. The lowest BCUT2D eigenvalue weighted by molar-refractivity contribution is -0.580. The van der Waals surface area contributed by atoms with E-state index < -0.39 is 11.7 Å². The summed E-state index contributed by atoms with van der Waals surface area (Å²) in [7, 11) is 0. The zero-order valence-corrected chi connectivity index (χ0v) is 9.29. The number of halogens is 2. The molecule has 0 spiro atoms. The second kappa shape index (κ2) is 3.81. The average molecular weight is 258 g/mol. The number of pyridine rings is 1. The van der Waals surface area contributed by atoms with Crippen molar-refractivity contribution in [3.05, 3.63) is 45.2 Å². The lowest BCUT2D eigenvalue weighted by Crippen LogP contribution is -2.36. The number of hydrogen-bond acceptors (Lipinski definition) is 2. The molecule has 6 heteroatoms. The molecule has 16 heavy (non-hydrogen) atoms. The van der Waals surface area contributed by atoms with Crippen LogP contribution >= 0.6 is 23.2 Å². The van der Waals surface area contributed by atoms with E-state index in [-0.39, 0.29) is 20.3 Å². The third-order valence-corrected chi connectivity index (χ3v) is 3.02. The summed E-state index contributed by atoms with van der Waals surface area (Å²) in [6.07, 6.45) is 0. The lowest BCUT2D eigenvalue weighted by atomic mass is 10.2. The molecular weight excluding hydrogens is 253 g/mol. The Morgan fingerprint density at radius 3 is 2.50 bits per heavy atom. The van der Waals surface area contributed by atoms with Crippen molar-refractivity contribution in [2.75, 3.05) is 0 Å². The van der Waals surface area contributed by atoms with E-state index in [1.54, 1.807) is 18.2 Å². The highest BCUT2D eigenvalue weighted by Gasteiger charge is 2.26. The monoisotopic (exact) mass is 257 g/mol. The van der Waals surface area contributed by atoms with Gasteiger partial charge in [-0.15, -0.1) is 0 Å². The minimum absolute atomic E-state index is 0.0711. The molecule has 0 aliphatic rings. The molecule has 1 aromatic carbocycles. The fourth-order valence-electron chi connectivity index (χ4n) is 1.45. The van der Waals surface area contributed by atoms with Crippen molar-refractivity contribution in [3.8, 4) is 0 Å². The molecule has 0 unspecified atom stereocenters. The van der Waals surface area contributed by atoms with Gasteiger partial charge in [-0.2, -0.15) is 4.73 Å². The van der Waals surface area contributed by atoms with Crippen molar-refractivity contribution < 1.29 is 14.6 Å². The molecule has 2 aromatic rings. The van der Waals surface area contributed by atoms with Crippen molar-refractivity contribution in [2.24, 2.45) is 0 Å². The van der Waals surface area contributed by atoms with Crippen LogP contribution in [0.5, 0.6) is 0 Å². The number of carboxylic acid groups (broad SMARTS) is 1. The summed E-state index contributed by atoms with van der Waals surface area (Å²) in [6.45, 7) is 0. The summed E-state index contributed by atoms with van der Waals surface area (Å²) < 4.78 is 0.270. The summed E-state index contributed by atoms with van der Waals surface area (Å²) in [5.74, 6) is -1.41. The number of aromatic nitrogens is 1. The van der Waals surface area contributed by atoms with Gasteiger partial charge in [0.1, 0.15) is 5.02 Å². The highest BCUT2D eigenvalue weighted by Crippen LogP contribution is 2.30. The number of carbonyl (C=O) groups is 1.